The Morgan fingerprint density at radius 1 is 1.47 bits per heavy atom. The van der Waals surface area contributed by atoms with E-state index >= 15 is 0 Å². The first-order chi connectivity index (χ1) is 8.06. The maximum atomic E-state index is 5.63. The third-order valence-electron chi connectivity index (χ3n) is 2.00. The number of benzene rings is 1. The van der Waals surface area contributed by atoms with Crippen LogP contribution in [0.4, 0.5) is 11.7 Å². The molecule has 5 nitrogen and oxygen atoms in total. The summed E-state index contributed by atoms with van der Waals surface area (Å²) in [6, 6.07) is 5.93. The summed E-state index contributed by atoms with van der Waals surface area (Å²) in [5, 5.41) is 10.7. The molecule has 0 aliphatic heterocycles. The molecule has 2 aromatic rings. The van der Waals surface area contributed by atoms with Gasteiger partial charge in [0.15, 0.2) is 0 Å². The first-order valence-electron chi connectivity index (χ1n) is 4.87. The van der Waals surface area contributed by atoms with Crippen molar-refractivity contribution in [2.24, 2.45) is 5.73 Å². The summed E-state index contributed by atoms with van der Waals surface area (Å²) in [6.45, 7) is 1.79. The average molecular weight is 409 g/mol. The third-order valence-corrected chi connectivity index (χ3v) is 4.34. The van der Waals surface area contributed by atoms with Crippen LogP contribution in [0.3, 0.4) is 0 Å². The van der Waals surface area contributed by atoms with E-state index in [2.05, 4.69) is 54.0 Å². The Balaban J connectivity index is 2.16. The predicted octanol–water partition coefficient (Wildman–Crippen LogP) is 3.20. The summed E-state index contributed by atoms with van der Waals surface area (Å²) < 4.78 is 7.49. The highest BCUT2D eigenvalue weighted by Gasteiger charge is 2.10. The van der Waals surface area contributed by atoms with Crippen molar-refractivity contribution in [2.75, 3.05) is 5.32 Å². The van der Waals surface area contributed by atoms with Crippen LogP contribution in [-0.2, 0) is 0 Å². The molecule has 0 radical (unpaired) electrons. The molecule has 0 aliphatic rings. The first kappa shape index (κ1) is 12.8. The van der Waals surface area contributed by atoms with Crippen molar-refractivity contribution in [1.82, 2.24) is 10.2 Å². The fourth-order valence-electron chi connectivity index (χ4n) is 1.17. The second-order valence-corrected chi connectivity index (χ2v) is 5.50. The van der Waals surface area contributed by atoms with Crippen LogP contribution in [0, 0.1) is 3.57 Å². The van der Waals surface area contributed by atoms with Crippen LogP contribution in [0.5, 0.6) is 0 Å². The summed E-state index contributed by atoms with van der Waals surface area (Å²) in [7, 11) is 0. The second kappa shape index (κ2) is 5.32. The lowest BCUT2D eigenvalue weighted by atomic mass is 10.3. The fraction of sp³-hybridized carbons (Fsp3) is 0.200. The van der Waals surface area contributed by atoms with Gasteiger partial charge in [0.05, 0.1) is 6.04 Å². The van der Waals surface area contributed by atoms with Gasteiger partial charge >= 0.3 is 6.01 Å². The largest absolute Gasteiger partial charge is 0.406 e. The lowest BCUT2D eigenvalue weighted by molar-refractivity contribution is 0.475. The summed E-state index contributed by atoms with van der Waals surface area (Å²) in [5.41, 5.74) is 6.50. The van der Waals surface area contributed by atoms with Gasteiger partial charge in [0.1, 0.15) is 0 Å². The van der Waals surface area contributed by atoms with E-state index in [0.717, 1.165) is 13.7 Å². The molecule has 2 rings (SSSR count). The number of anilines is 2. The quantitative estimate of drug-likeness (QED) is 0.762. The number of hydrogen-bond acceptors (Lipinski definition) is 5. The number of hydrogen-bond donors (Lipinski definition) is 2. The van der Waals surface area contributed by atoms with Gasteiger partial charge in [-0.05, 0) is 63.6 Å². The number of aromatic nitrogens is 2. The van der Waals surface area contributed by atoms with Gasteiger partial charge in [0.2, 0.25) is 5.89 Å². The standard InChI is InChI=1S/C10H10BrIN4O/c1-5(13)9-15-16-10(17-9)14-6-2-3-8(12)7(11)4-6/h2-5H,13H2,1H3,(H,14,16). The Hall–Kier alpha value is -0.670. The molecule has 90 valence electrons. The molecule has 0 saturated carbocycles. The molecule has 17 heavy (non-hydrogen) atoms. The Morgan fingerprint density at radius 3 is 2.82 bits per heavy atom. The van der Waals surface area contributed by atoms with Gasteiger partial charge in [-0.1, -0.05) is 5.10 Å². The zero-order valence-electron chi connectivity index (χ0n) is 8.95. The number of rotatable bonds is 3. The van der Waals surface area contributed by atoms with E-state index in [1.54, 1.807) is 6.92 Å². The Labute approximate surface area is 120 Å². The van der Waals surface area contributed by atoms with Crippen molar-refractivity contribution in [3.63, 3.8) is 0 Å². The van der Waals surface area contributed by atoms with Crippen molar-refractivity contribution in [3.05, 3.63) is 32.1 Å². The third kappa shape index (κ3) is 3.17. The van der Waals surface area contributed by atoms with Crippen LogP contribution in [0.1, 0.15) is 18.9 Å². The van der Waals surface area contributed by atoms with Gasteiger partial charge in [0, 0.05) is 13.7 Å². The minimum Gasteiger partial charge on any atom is -0.406 e. The van der Waals surface area contributed by atoms with Crippen molar-refractivity contribution in [2.45, 2.75) is 13.0 Å². The number of nitrogens with zero attached hydrogens (tertiary/aromatic N) is 2. The van der Waals surface area contributed by atoms with Gasteiger partial charge in [0.25, 0.3) is 0 Å². The molecule has 1 heterocycles. The second-order valence-electron chi connectivity index (χ2n) is 3.49. The van der Waals surface area contributed by atoms with Crippen molar-refractivity contribution < 1.29 is 4.42 Å². The van der Waals surface area contributed by atoms with Gasteiger partial charge in [-0.25, -0.2) is 0 Å². The van der Waals surface area contributed by atoms with Crippen LogP contribution in [0.25, 0.3) is 0 Å². The summed E-state index contributed by atoms with van der Waals surface area (Å²) >= 11 is 5.70. The van der Waals surface area contributed by atoms with Gasteiger partial charge in [-0.3, -0.25) is 0 Å². The van der Waals surface area contributed by atoms with Crippen molar-refractivity contribution in [1.29, 1.82) is 0 Å². The summed E-state index contributed by atoms with van der Waals surface area (Å²) in [6.07, 6.45) is 0. The molecule has 0 aliphatic carbocycles. The fourth-order valence-corrected chi connectivity index (χ4v) is 1.88. The van der Waals surface area contributed by atoms with Crippen LogP contribution in [-0.4, -0.2) is 10.2 Å². The van der Waals surface area contributed by atoms with Crippen LogP contribution in [0.2, 0.25) is 0 Å². The molecule has 1 aromatic carbocycles. The van der Waals surface area contributed by atoms with Crippen LogP contribution >= 0.6 is 38.5 Å². The molecule has 1 atom stereocenters. The molecule has 0 saturated heterocycles. The van der Waals surface area contributed by atoms with Gasteiger partial charge in [-0.15, -0.1) is 5.10 Å². The molecule has 0 bridgehead atoms. The highest BCUT2D eigenvalue weighted by atomic mass is 127. The highest BCUT2D eigenvalue weighted by molar-refractivity contribution is 14.1. The van der Waals surface area contributed by atoms with Crippen LogP contribution < -0.4 is 11.1 Å². The highest BCUT2D eigenvalue weighted by Crippen LogP contribution is 2.25. The van der Waals surface area contributed by atoms with Crippen LogP contribution in [0.15, 0.2) is 27.1 Å². The molecule has 0 amide bonds. The van der Waals surface area contributed by atoms with E-state index < -0.39 is 0 Å². The maximum absolute atomic E-state index is 5.63. The smallest absolute Gasteiger partial charge is 0.320 e. The zero-order valence-corrected chi connectivity index (χ0v) is 12.7. The van der Waals surface area contributed by atoms with Gasteiger partial charge < -0.3 is 15.5 Å². The molecule has 7 heteroatoms. The average Bonchev–Trinajstić information content (AvgIpc) is 2.72. The Kier molecular flexibility index (Phi) is 4.00. The van der Waals surface area contributed by atoms with Crippen molar-refractivity contribution >= 4 is 50.2 Å². The molecule has 0 fully saturated rings. The molecule has 3 N–H and O–H groups in total. The van der Waals surface area contributed by atoms with Gasteiger partial charge in [-0.2, -0.15) is 0 Å². The van der Waals surface area contributed by atoms with E-state index in [9.17, 15) is 0 Å². The Bertz CT molecular complexity index is 529. The SMILES string of the molecule is CC(N)c1nnc(Nc2ccc(I)c(Br)c2)o1. The summed E-state index contributed by atoms with van der Waals surface area (Å²) in [4.78, 5) is 0. The molecule has 0 spiro atoms. The molecular weight excluding hydrogens is 399 g/mol. The normalized spacial score (nSPS) is 12.5. The number of halogens is 2. The van der Waals surface area contributed by atoms with E-state index in [1.807, 2.05) is 18.2 Å². The monoisotopic (exact) mass is 408 g/mol. The summed E-state index contributed by atoms with van der Waals surface area (Å²) in [5.74, 6) is 0.414. The minimum absolute atomic E-state index is 0.262. The lowest BCUT2D eigenvalue weighted by Crippen LogP contribution is -2.04. The molecule has 1 unspecified atom stereocenters. The first-order valence-corrected chi connectivity index (χ1v) is 6.74. The zero-order chi connectivity index (χ0) is 12.4. The maximum Gasteiger partial charge on any atom is 0.320 e. The number of nitrogens with two attached hydrogens (primary N) is 1. The molecule has 1 aromatic heterocycles. The van der Waals surface area contributed by atoms with E-state index in [1.165, 1.54) is 0 Å². The molecular formula is C10H10BrIN4O. The topological polar surface area (TPSA) is 77.0 Å². The van der Waals surface area contributed by atoms with E-state index in [0.29, 0.717) is 11.9 Å². The van der Waals surface area contributed by atoms with E-state index in [-0.39, 0.29) is 6.04 Å². The van der Waals surface area contributed by atoms with Crippen molar-refractivity contribution in [3.8, 4) is 0 Å². The van der Waals surface area contributed by atoms with E-state index in [4.69, 9.17) is 10.2 Å². The lowest BCUT2D eigenvalue weighted by Gasteiger charge is -2.03. The number of nitrogens with one attached hydrogen (secondary N) is 1. The predicted molar refractivity (Wildman–Crippen MR) is 77.0 cm³/mol. The minimum atomic E-state index is -0.262. The Morgan fingerprint density at radius 2 is 2.24 bits per heavy atom.